The zero-order chi connectivity index (χ0) is 15.4. The van der Waals surface area contributed by atoms with Gasteiger partial charge >= 0.3 is 0 Å². The first-order valence-electron chi connectivity index (χ1n) is 8.26. The maximum atomic E-state index is 2.58. The van der Waals surface area contributed by atoms with E-state index in [2.05, 4.69) is 72.2 Å². The Morgan fingerprint density at radius 1 is 0.636 bits per heavy atom. The van der Waals surface area contributed by atoms with Gasteiger partial charge in [-0.2, -0.15) is 0 Å². The Morgan fingerprint density at radius 2 is 1.00 bits per heavy atom. The zero-order valence-electron chi connectivity index (χ0n) is 13.8. The molecule has 1 aliphatic heterocycles. The second-order valence-electron chi connectivity index (χ2n) is 6.41. The predicted molar refractivity (Wildman–Crippen MR) is 92.9 cm³/mol. The monoisotopic (exact) mass is 294 g/mol. The highest BCUT2D eigenvalue weighted by molar-refractivity contribution is 5.26. The molecule has 0 amide bonds. The lowest BCUT2D eigenvalue weighted by atomic mass is 10.1. The van der Waals surface area contributed by atoms with Gasteiger partial charge in [0, 0.05) is 39.3 Å². The highest BCUT2D eigenvalue weighted by Gasteiger charge is 2.17. The smallest absolute Gasteiger partial charge is 0.0237 e. The minimum Gasteiger partial charge on any atom is -0.297 e. The van der Waals surface area contributed by atoms with E-state index in [0.717, 1.165) is 13.1 Å². The Balaban J connectivity index is 1.52. The fourth-order valence-electron chi connectivity index (χ4n) is 3.16. The van der Waals surface area contributed by atoms with Crippen LogP contribution in [0.1, 0.15) is 22.3 Å². The van der Waals surface area contributed by atoms with Crippen LogP contribution in [-0.2, 0) is 13.1 Å². The number of nitrogens with zero attached hydrogens (tertiary/aromatic N) is 2. The molecule has 0 bridgehead atoms. The van der Waals surface area contributed by atoms with Crippen LogP contribution in [0.25, 0.3) is 0 Å². The maximum Gasteiger partial charge on any atom is 0.0237 e. The Bertz CT molecular complexity index is 557. The Labute approximate surface area is 134 Å². The third-order valence-corrected chi connectivity index (χ3v) is 4.78. The lowest BCUT2D eigenvalue weighted by Gasteiger charge is -2.35. The van der Waals surface area contributed by atoms with Crippen LogP contribution in [0.15, 0.2) is 48.5 Å². The van der Waals surface area contributed by atoms with Gasteiger partial charge in [-0.3, -0.25) is 9.80 Å². The Kier molecular flexibility index (Phi) is 4.91. The third kappa shape index (κ3) is 3.76. The standard InChI is InChI=1S/C20H26N2/c1-17-7-3-5-9-19(17)15-21-11-13-22(14-12-21)16-20-10-6-4-8-18(20)2/h3-10H,11-16H2,1-2H3. The normalized spacial score (nSPS) is 16.8. The average molecular weight is 294 g/mol. The van der Waals surface area contributed by atoms with Gasteiger partial charge < -0.3 is 0 Å². The Hall–Kier alpha value is -1.64. The summed E-state index contributed by atoms with van der Waals surface area (Å²) in [6.45, 7) is 11.3. The quantitative estimate of drug-likeness (QED) is 0.850. The molecule has 2 heteroatoms. The van der Waals surface area contributed by atoms with Crippen molar-refractivity contribution in [3.63, 3.8) is 0 Å². The summed E-state index contributed by atoms with van der Waals surface area (Å²) in [4.78, 5) is 5.16. The van der Waals surface area contributed by atoms with Gasteiger partial charge in [0.05, 0.1) is 0 Å². The van der Waals surface area contributed by atoms with Crippen molar-refractivity contribution >= 4 is 0 Å². The van der Waals surface area contributed by atoms with Crippen molar-refractivity contribution in [1.29, 1.82) is 0 Å². The number of benzene rings is 2. The van der Waals surface area contributed by atoms with Crippen LogP contribution < -0.4 is 0 Å². The lowest BCUT2D eigenvalue weighted by Crippen LogP contribution is -2.45. The summed E-state index contributed by atoms with van der Waals surface area (Å²) in [5, 5.41) is 0. The van der Waals surface area contributed by atoms with Crippen LogP contribution >= 0.6 is 0 Å². The molecule has 2 aromatic carbocycles. The van der Waals surface area contributed by atoms with Gasteiger partial charge in [0.15, 0.2) is 0 Å². The Morgan fingerprint density at radius 3 is 1.36 bits per heavy atom. The first-order valence-corrected chi connectivity index (χ1v) is 8.26. The largest absolute Gasteiger partial charge is 0.297 e. The molecule has 0 unspecified atom stereocenters. The molecule has 0 aliphatic carbocycles. The summed E-state index contributed by atoms with van der Waals surface area (Å²) >= 11 is 0. The average Bonchev–Trinajstić information content (AvgIpc) is 2.54. The third-order valence-electron chi connectivity index (χ3n) is 4.78. The fraction of sp³-hybridized carbons (Fsp3) is 0.400. The van der Waals surface area contributed by atoms with Crippen LogP contribution in [0.2, 0.25) is 0 Å². The predicted octanol–water partition coefficient (Wildman–Crippen LogP) is 3.62. The molecule has 116 valence electrons. The number of hydrogen-bond donors (Lipinski definition) is 0. The highest BCUT2D eigenvalue weighted by atomic mass is 15.3. The molecule has 1 heterocycles. The van der Waals surface area contributed by atoms with Gasteiger partial charge in [-0.1, -0.05) is 48.5 Å². The van der Waals surface area contributed by atoms with Crippen LogP contribution in [0.4, 0.5) is 0 Å². The molecule has 0 atom stereocenters. The van der Waals surface area contributed by atoms with Crippen molar-refractivity contribution in [2.75, 3.05) is 26.2 Å². The topological polar surface area (TPSA) is 6.48 Å². The second-order valence-corrected chi connectivity index (χ2v) is 6.41. The molecular formula is C20H26N2. The molecule has 1 saturated heterocycles. The van der Waals surface area contributed by atoms with E-state index in [-0.39, 0.29) is 0 Å². The fourth-order valence-corrected chi connectivity index (χ4v) is 3.16. The molecule has 0 saturated carbocycles. The summed E-state index contributed by atoms with van der Waals surface area (Å²) in [6, 6.07) is 17.5. The summed E-state index contributed by atoms with van der Waals surface area (Å²) in [7, 11) is 0. The molecule has 2 aromatic rings. The van der Waals surface area contributed by atoms with Gasteiger partial charge in [0.2, 0.25) is 0 Å². The van der Waals surface area contributed by atoms with Gasteiger partial charge in [-0.25, -0.2) is 0 Å². The summed E-state index contributed by atoms with van der Waals surface area (Å²) < 4.78 is 0. The van der Waals surface area contributed by atoms with Gasteiger partial charge in [-0.15, -0.1) is 0 Å². The second kappa shape index (κ2) is 7.08. The van der Waals surface area contributed by atoms with Crippen molar-refractivity contribution in [1.82, 2.24) is 9.80 Å². The number of piperazine rings is 1. The van der Waals surface area contributed by atoms with Crippen molar-refractivity contribution in [2.45, 2.75) is 26.9 Å². The van der Waals surface area contributed by atoms with Crippen LogP contribution in [0.5, 0.6) is 0 Å². The molecule has 0 aromatic heterocycles. The number of aryl methyl sites for hydroxylation is 2. The number of rotatable bonds is 4. The summed E-state index contributed by atoms with van der Waals surface area (Å²) in [5.41, 5.74) is 5.75. The van der Waals surface area contributed by atoms with Gasteiger partial charge in [-0.05, 0) is 36.1 Å². The molecule has 1 aliphatic rings. The number of hydrogen-bond acceptors (Lipinski definition) is 2. The minimum absolute atomic E-state index is 1.09. The zero-order valence-corrected chi connectivity index (χ0v) is 13.8. The molecule has 22 heavy (non-hydrogen) atoms. The SMILES string of the molecule is Cc1ccccc1CN1CCN(Cc2ccccc2C)CC1. The van der Waals surface area contributed by atoms with Crippen molar-refractivity contribution in [3.8, 4) is 0 Å². The molecule has 0 spiro atoms. The molecular weight excluding hydrogens is 268 g/mol. The summed E-state index contributed by atoms with van der Waals surface area (Å²) in [6.07, 6.45) is 0. The van der Waals surface area contributed by atoms with Crippen LogP contribution in [0, 0.1) is 13.8 Å². The highest BCUT2D eigenvalue weighted by Crippen LogP contribution is 2.15. The van der Waals surface area contributed by atoms with E-state index < -0.39 is 0 Å². The first-order chi connectivity index (χ1) is 10.7. The van der Waals surface area contributed by atoms with Gasteiger partial charge in [0.1, 0.15) is 0 Å². The van der Waals surface area contributed by atoms with E-state index in [0.29, 0.717) is 0 Å². The van der Waals surface area contributed by atoms with Crippen molar-refractivity contribution < 1.29 is 0 Å². The van der Waals surface area contributed by atoms with E-state index in [1.54, 1.807) is 0 Å². The molecule has 3 rings (SSSR count). The summed E-state index contributed by atoms with van der Waals surface area (Å²) in [5.74, 6) is 0. The molecule has 2 nitrogen and oxygen atoms in total. The first kappa shape index (κ1) is 15.3. The van der Waals surface area contributed by atoms with E-state index in [1.807, 2.05) is 0 Å². The van der Waals surface area contributed by atoms with Gasteiger partial charge in [0.25, 0.3) is 0 Å². The van der Waals surface area contributed by atoms with Crippen LogP contribution in [0.3, 0.4) is 0 Å². The van der Waals surface area contributed by atoms with E-state index in [9.17, 15) is 0 Å². The van der Waals surface area contributed by atoms with Crippen LogP contribution in [-0.4, -0.2) is 36.0 Å². The van der Waals surface area contributed by atoms with E-state index >= 15 is 0 Å². The van der Waals surface area contributed by atoms with E-state index in [4.69, 9.17) is 0 Å². The molecule has 0 radical (unpaired) electrons. The van der Waals surface area contributed by atoms with E-state index in [1.165, 1.54) is 48.4 Å². The molecule has 0 N–H and O–H groups in total. The molecule has 1 fully saturated rings. The minimum atomic E-state index is 1.09. The maximum absolute atomic E-state index is 2.58. The van der Waals surface area contributed by atoms with Crippen molar-refractivity contribution in [2.24, 2.45) is 0 Å². The lowest BCUT2D eigenvalue weighted by molar-refractivity contribution is 0.121. The van der Waals surface area contributed by atoms with Crippen molar-refractivity contribution in [3.05, 3.63) is 70.8 Å².